The van der Waals surface area contributed by atoms with Crippen molar-refractivity contribution < 1.29 is 4.79 Å². The second-order valence-corrected chi connectivity index (χ2v) is 7.83. The van der Waals surface area contributed by atoms with Gasteiger partial charge in [0.2, 0.25) is 5.91 Å². The summed E-state index contributed by atoms with van der Waals surface area (Å²) in [6, 6.07) is 17.8. The van der Waals surface area contributed by atoms with Gasteiger partial charge in [0.15, 0.2) is 0 Å². The number of likely N-dealkylation sites (N-methyl/N-ethyl adjacent to an activating group) is 1. The molecule has 1 unspecified atom stereocenters. The van der Waals surface area contributed by atoms with E-state index in [2.05, 4.69) is 32.3 Å². The van der Waals surface area contributed by atoms with Gasteiger partial charge in [-0.05, 0) is 24.2 Å². The van der Waals surface area contributed by atoms with Crippen LogP contribution in [0.15, 0.2) is 70.6 Å². The molecule has 134 valence electrons. The molecule has 0 saturated heterocycles. The first kappa shape index (κ1) is 18.8. The van der Waals surface area contributed by atoms with E-state index in [0.29, 0.717) is 13.1 Å². The molecular formula is C20H20BrN3OS. The highest BCUT2D eigenvalue weighted by molar-refractivity contribution is 9.10. The number of nitrogens with zero attached hydrogens (tertiary/aromatic N) is 2. The van der Waals surface area contributed by atoms with Crippen LogP contribution < -0.4 is 5.32 Å². The van der Waals surface area contributed by atoms with Gasteiger partial charge in [-0.25, -0.2) is 4.98 Å². The topological polar surface area (TPSA) is 45.2 Å². The summed E-state index contributed by atoms with van der Waals surface area (Å²) in [5.74, 6) is -0.0244. The molecule has 0 fully saturated rings. The highest BCUT2D eigenvalue weighted by Gasteiger charge is 2.19. The Labute approximate surface area is 166 Å². The predicted molar refractivity (Wildman–Crippen MR) is 109 cm³/mol. The van der Waals surface area contributed by atoms with Crippen molar-refractivity contribution in [2.45, 2.75) is 12.6 Å². The van der Waals surface area contributed by atoms with Crippen LogP contribution in [0, 0.1) is 0 Å². The summed E-state index contributed by atoms with van der Waals surface area (Å²) < 4.78 is 1.05. The van der Waals surface area contributed by atoms with E-state index in [1.54, 1.807) is 17.5 Å². The first-order valence-electron chi connectivity index (χ1n) is 8.29. The van der Waals surface area contributed by atoms with Gasteiger partial charge in [-0.2, -0.15) is 0 Å². The molecule has 26 heavy (non-hydrogen) atoms. The van der Waals surface area contributed by atoms with E-state index in [4.69, 9.17) is 0 Å². The van der Waals surface area contributed by atoms with E-state index in [1.807, 2.05) is 65.9 Å². The average molecular weight is 430 g/mol. The quantitative estimate of drug-likeness (QED) is 0.610. The Morgan fingerprint density at radius 3 is 2.62 bits per heavy atom. The van der Waals surface area contributed by atoms with E-state index in [9.17, 15) is 4.79 Å². The van der Waals surface area contributed by atoms with E-state index in [0.717, 1.165) is 20.6 Å². The van der Waals surface area contributed by atoms with Crippen LogP contribution in [0.3, 0.4) is 0 Å². The lowest BCUT2D eigenvalue weighted by Gasteiger charge is -2.21. The Morgan fingerprint density at radius 1 is 1.19 bits per heavy atom. The van der Waals surface area contributed by atoms with Crippen molar-refractivity contribution >= 4 is 33.2 Å². The van der Waals surface area contributed by atoms with Crippen molar-refractivity contribution in [3.63, 3.8) is 0 Å². The van der Waals surface area contributed by atoms with Crippen molar-refractivity contribution in [1.82, 2.24) is 15.2 Å². The predicted octanol–water partition coefficient (Wildman–Crippen LogP) is 4.24. The minimum Gasteiger partial charge on any atom is -0.342 e. The van der Waals surface area contributed by atoms with Crippen molar-refractivity contribution in [3.8, 4) is 0 Å². The summed E-state index contributed by atoms with van der Waals surface area (Å²) in [6.07, 6.45) is 1.77. The normalized spacial score (nSPS) is 12.1. The molecule has 2 aromatic carbocycles. The van der Waals surface area contributed by atoms with Gasteiger partial charge in [0.1, 0.15) is 11.0 Å². The second kappa shape index (κ2) is 9.07. The molecule has 0 aliphatic heterocycles. The van der Waals surface area contributed by atoms with Gasteiger partial charge < -0.3 is 5.32 Å². The lowest BCUT2D eigenvalue weighted by molar-refractivity contribution is -0.122. The largest absolute Gasteiger partial charge is 0.342 e. The SMILES string of the molecule is CN(CC(=O)NC(c1ccccc1)c1nccs1)Cc1ccccc1Br. The maximum absolute atomic E-state index is 12.6. The zero-order valence-electron chi connectivity index (χ0n) is 14.4. The molecule has 0 bridgehead atoms. The number of aromatic nitrogens is 1. The zero-order chi connectivity index (χ0) is 18.4. The number of halogens is 1. The third-order valence-corrected chi connectivity index (χ3v) is 5.56. The van der Waals surface area contributed by atoms with E-state index < -0.39 is 0 Å². The fourth-order valence-electron chi connectivity index (χ4n) is 2.74. The molecule has 1 amide bonds. The standard InChI is InChI=1S/C20H20BrN3OS/c1-24(13-16-9-5-6-10-17(16)21)14-18(25)23-19(20-22-11-12-26-20)15-7-3-2-4-8-15/h2-12,19H,13-14H2,1H3,(H,23,25). The number of carbonyl (C=O) groups excluding carboxylic acids is 1. The molecule has 3 rings (SSSR count). The molecule has 1 N–H and O–H groups in total. The third-order valence-electron chi connectivity index (χ3n) is 3.95. The fourth-order valence-corrected chi connectivity index (χ4v) is 3.86. The molecule has 4 nitrogen and oxygen atoms in total. The highest BCUT2D eigenvalue weighted by atomic mass is 79.9. The van der Waals surface area contributed by atoms with Crippen LogP contribution in [0.25, 0.3) is 0 Å². The van der Waals surface area contributed by atoms with Crippen LogP contribution in [-0.2, 0) is 11.3 Å². The number of amides is 1. The number of benzene rings is 2. The molecule has 0 saturated carbocycles. The lowest BCUT2D eigenvalue weighted by Crippen LogP contribution is -2.37. The molecule has 0 aliphatic carbocycles. The summed E-state index contributed by atoms with van der Waals surface area (Å²) in [5, 5.41) is 5.94. The monoisotopic (exact) mass is 429 g/mol. The molecule has 0 aliphatic rings. The number of carbonyl (C=O) groups is 1. The van der Waals surface area contributed by atoms with Crippen molar-refractivity contribution in [2.75, 3.05) is 13.6 Å². The van der Waals surface area contributed by atoms with Crippen LogP contribution >= 0.6 is 27.3 Å². The van der Waals surface area contributed by atoms with Gasteiger partial charge in [-0.1, -0.05) is 64.5 Å². The van der Waals surface area contributed by atoms with E-state index >= 15 is 0 Å². The van der Waals surface area contributed by atoms with Gasteiger partial charge in [0.05, 0.1) is 6.54 Å². The molecule has 6 heteroatoms. The Balaban J connectivity index is 1.66. The minimum absolute atomic E-state index is 0.0244. The summed E-state index contributed by atoms with van der Waals surface area (Å²) in [7, 11) is 1.94. The van der Waals surface area contributed by atoms with E-state index in [1.165, 1.54) is 0 Å². The average Bonchev–Trinajstić information content (AvgIpc) is 3.17. The Kier molecular flexibility index (Phi) is 6.55. The van der Waals surface area contributed by atoms with Crippen LogP contribution in [0.2, 0.25) is 0 Å². The second-order valence-electron chi connectivity index (χ2n) is 6.05. The fraction of sp³-hybridized carbons (Fsp3) is 0.200. The van der Waals surface area contributed by atoms with Gasteiger partial charge >= 0.3 is 0 Å². The molecule has 1 heterocycles. The van der Waals surface area contributed by atoms with Gasteiger partial charge in [-0.3, -0.25) is 9.69 Å². The molecule has 3 aromatic rings. The molecule has 1 atom stereocenters. The molecular weight excluding hydrogens is 410 g/mol. The summed E-state index contributed by atoms with van der Waals surface area (Å²) in [4.78, 5) is 19.0. The van der Waals surface area contributed by atoms with Crippen LogP contribution in [-0.4, -0.2) is 29.4 Å². The minimum atomic E-state index is -0.222. The Morgan fingerprint density at radius 2 is 1.92 bits per heavy atom. The summed E-state index contributed by atoms with van der Waals surface area (Å²) >= 11 is 5.10. The van der Waals surface area contributed by atoms with Gasteiger partial charge in [0.25, 0.3) is 0 Å². The van der Waals surface area contributed by atoms with Crippen molar-refractivity contribution in [2.24, 2.45) is 0 Å². The third kappa shape index (κ3) is 5.00. The Hall–Kier alpha value is -2.02. The molecule has 1 aromatic heterocycles. The summed E-state index contributed by atoms with van der Waals surface area (Å²) in [6.45, 7) is 1.01. The smallest absolute Gasteiger partial charge is 0.235 e. The van der Waals surface area contributed by atoms with Crippen LogP contribution in [0.1, 0.15) is 22.2 Å². The van der Waals surface area contributed by atoms with Crippen LogP contribution in [0.5, 0.6) is 0 Å². The lowest BCUT2D eigenvalue weighted by atomic mass is 10.1. The maximum Gasteiger partial charge on any atom is 0.235 e. The molecule has 0 spiro atoms. The van der Waals surface area contributed by atoms with E-state index in [-0.39, 0.29) is 11.9 Å². The number of nitrogens with one attached hydrogen (secondary N) is 1. The highest BCUT2D eigenvalue weighted by Crippen LogP contribution is 2.23. The summed E-state index contributed by atoms with van der Waals surface area (Å²) in [5.41, 5.74) is 2.19. The van der Waals surface area contributed by atoms with Gasteiger partial charge in [0, 0.05) is 22.6 Å². The maximum atomic E-state index is 12.6. The van der Waals surface area contributed by atoms with Crippen molar-refractivity contribution in [3.05, 3.63) is 86.8 Å². The number of rotatable bonds is 7. The first-order valence-corrected chi connectivity index (χ1v) is 9.96. The molecule has 0 radical (unpaired) electrons. The first-order chi connectivity index (χ1) is 12.6. The zero-order valence-corrected chi connectivity index (χ0v) is 16.8. The van der Waals surface area contributed by atoms with Crippen LogP contribution in [0.4, 0.5) is 0 Å². The van der Waals surface area contributed by atoms with Crippen molar-refractivity contribution in [1.29, 1.82) is 0 Å². The number of hydrogen-bond acceptors (Lipinski definition) is 4. The Bertz CT molecular complexity index is 839. The van der Waals surface area contributed by atoms with Gasteiger partial charge in [-0.15, -0.1) is 11.3 Å². The number of thiazole rings is 1. The number of hydrogen-bond donors (Lipinski definition) is 1.